The van der Waals surface area contributed by atoms with Crippen molar-refractivity contribution in [2.45, 2.75) is 505 Å². The fraction of sp³-hybridized carbons (Fsp3) is 0.988. The van der Waals surface area contributed by atoms with Crippen LogP contribution in [0.25, 0.3) is 0 Å². The third-order valence-electron chi connectivity index (χ3n) is 21.6. The van der Waals surface area contributed by atoms with Crippen molar-refractivity contribution in [3.05, 3.63) is 0 Å². The molecule has 12 unspecified atom stereocenters. The molecule has 2 saturated heterocycles. The first-order chi connectivity index (χ1) is 47.6. The summed E-state index contributed by atoms with van der Waals surface area (Å²) in [5.41, 5.74) is 0. The Morgan fingerprint density at radius 1 is 0.330 bits per heavy atom. The number of rotatable bonds is 74. The van der Waals surface area contributed by atoms with Crippen molar-refractivity contribution < 1.29 is 64.6 Å². The minimum atomic E-state index is -1.78. The number of hydrogen-bond donors (Lipinski definition) is 9. The molecule has 0 saturated carbocycles. The van der Waals surface area contributed by atoms with Gasteiger partial charge in [0.1, 0.15) is 48.8 Å². The van der Waals surface area contributed by atoms with E-state index in [4.69, 9.17) is 18.9 Å². The van der Waals surface area contributed by atoms with Crippen LogP contribution in [0, 0.1) is 0 Å². The summed E-state index contributed by atoms with van der Waals surface area (Å²) >= 11 is 0. The summed E-state index contributed by atoms with van der Waals surface area (Å²) in [4.78, 5) is 13.4. The van der Waals surface area contributed by atoms with Gasteiger partial charge in [0.25, 0.3) is 0 Å². The quantitative estimate of drug-likeness (QED) is 0.0259. The third kappa shape index (κ3) is 50.9. The van der Waals surface area contributed by atoms with Crippen LogP contribution in [0.3, 0.4) is 0 Å². The zero-order valence-electron chi connectivity index (χ0n) is 63.6. The Morgan fingerprint density at radius 3 is 0.876 bits per heavy atom. The van der Waals surface area contributed by atoms with Crippen LogP contribution in [0.5, 0.6) is 0 Å². The number of hydrogen-bond acceptors (Lipinski definition) is 13. The topological polar surface area (TPSA) is 228 Å². The van der Waals surface area contributed by atoms with Crippen LogP contribution in [0.4, 0.5) is 0 Å². The Kier molecular flexibility index (Phi) is 64.7. The van der Waals surface area contributed by atoms with E-state index in [9.17, 15) is 45.6 Å². The van der Waals surface area contributed by atoms with Gasteiger partial charge in [-0.2, -0.15) is 0 Å². The maximum Gasteiger partial charge on any atom is 0.220 e. The van der Waals surface area contributed by atoms with E-state index in [0.717, 1.165) is 51.4 Å². The van der Waals surface area contributed by atoms with E-state index in [1.165, 1.54) is 353 Å². The first-order valence-electron chi connectivity index (χ1n) is 42.8. The van der Waals surface area contributed by atoms with Gasteiger partial charge in [-0.25, -0.2) is 0 Å². The highest BCUT2D eigenvalue weighted by atomic mass is 16.7. The van der Waals surface area contributed by atoms with Gasteiger partial charge in [0.05, 0.1) is 32.0 Å². The molecule has 2 fully saturated rings. The molecular weight excluding hydrogens is 1220 g/mol. The molecule has 2 rings (SSSR count). The highest BCUT2D eigenvalue weighted by Gasteiger charge is 2.51. The zero-order valence-corrected chi connectivity index (χ0v) is 63.6. The molecule has 0 spiro atoms. The third-order valence-corrected chi connectivity index (χ3v) is 21.6. The van der Waals surface area contributed by atoms with E-state index < -0.39 is 86.8 Å². The zero-order chi connectivity index (χ0) is 70.1. The molecule has 2 aliphatic heterocycles. The van der Waals surface area contributed by atoms with Crippen LogP contribution >= 0.6 is 0 Å². The number of nitrogens with one attached hydrogen (secondary N) is 1. The Balaban J connectivity index is 1.54. The molecule has 0 aromatic rings. The Morgan fingerprint density at radius 2 is 0.588 bits per heavy atom. The Bertz CT molecular complexity index is 1630. The first-order valence-corrected chi connectivity index (χ1v) is 42.8. The standard InChI is InChI=1S/C83H163NO13/c1-3-5-7-9-11-13-15-17-19-21-23-25-27-28-29-30-31-32-33-34-35-36-37-38-39-40-41-42-43-45-47-49-51-53-55-57-59-61-63-65-67-75(88)84-71(70-94-82-80(93)78(91)81(74(69-86)96-82)97-83-79(92)77(90)76(89)73(68-85)95-83)72(87)66-64-62-60-58-56-54-52-50-48-46-44-26-24-22-20-18-16-14-12-10-8-6-4-2/h71-74,76-83,85-87,89-93H,3-70H2,1-2H3,(H,84,88). The Labute approximate surface area is 597 Å². The van der Waals surface area contributed by atoms with E-state index in [-0.39, 0.29) is 12.5 Å². The highest BCUT2D eigenvalue weighted by molar-refractivity contribution is 5.76. The van der Waals surface area contributed by atoms with Gasteiger partial charge in [0.15, 0.2) is 12.6 Å². The molecule has 9 N–H and O–H groups in total. The van der Waals surface area contributed by atoms with E-state index in [2.05, 4.69) is 19.2 Å². The van der Waals surface area contributed by atoms with Crippen molar-refractivity contribution >= 4 is 5.91 Å². The molecule has 0 radical (unpaired) electrons. The van der Waals surface area contributed by atoms with Crippen LogP contribution in [0.1, 0.15) is 431 Å². The van der Waals surface area contributed by atoms with Crippen molar-refractivity contribution in [2.24, 2.45) is 0 Å². The predicted molar refractivity (Wildman–Crippen MR) is 402 cm³/mol. The number of aliphatic hydroxyl groups is 8. The van der Waals surface area contributed by atoms with Crippen molar-refractivity contribution in [3.8, 4) is 0 Å². The predicted octanol–water partition coefficient (Wildman–Crippen LogP) is 19.9. The minimum Gasteiger partial charge on any atom is -0.394 e. The fourth-order valence-corrected chi connectivity index (χ4v) is 14.8. The Hall–Kier alpha value is -1.01. The van der Waals surface area contributed by atoms with Crippen molar-refractivity contribution in [3.63, 3.8) is 0 Å². The van der Waals surface area contributed by atoms with Crippen LogP contribution in [-0.2, 0) is 23.7 Å². The summed E-state index contributed by atoms with van der Waals surface area (Å²) < 4.78 is 23.0. The number of amides is 1. The summed E-state index contributed by atoms with van der Waals surface area (Å²) in [7, 11) is 0. The molecule has 12 atom stereocenters. The summed E-state index contributed by atoms with van der Waals surface area (Å²) in [5.74, 6) is -0.194. The van der Waals surface area contributed by atoms with Crippen LogP contribution in [0.2, 0.25) is 0 Å². The first kappa shape index (κ1) is 92.1. The molecule has 97 heavy (non-hydrogen) atoms. The molecule has 2 heterocycles. The van der Waals surface area contributed by atoms with Gasteiger partial charge < -0.3 is 65.1 Å². The second-order valence-corrected chi connectivity index (χ2v) is 30.7. The second-order valence-electron chi connectivity index (χ2n) is 30.7. The maximum atomic E-state index is 13.4. The maximum absolute atomic E-state index is 13.4. The van der Waals surface area contributed by atoms with Crippen LogP contribution < -0.4 is 5.32 Å². The molecule has 0 aromatic heterocycles. The van der Waals surface area contributed by atoms with Gasteiger partial charge in [-0.3, -0.25) is 4.79 Å². The fourth-order valence-electron chi connectivity index (χ4n) is 14.8. The SMILES string of the molecule is CCCCCCCCCCCCCCCCCCCCCCCCCCCCCCCCCCCCCCCCCCC(=O)NC(COC1OC(CO)C(OC2OC(CO)C(O)C(O)C2O)C(O)C1O)C(O)CCCCCCCCCCCCCCCCCCCCCCCCC. The number of carbonyl (C=O) groups is 1. The average molecular weight is 1380 g/mol. The molecule has 1 amide bonds. The van der Waals surface area contributed by atoms with E-state index in [0.29, 0.717) is 12.8 Å². The van der Waals surface area contributed by atoms with E-state index in [1.54, 1.807) is 0 Å². The lowest BCUT2D eigenvalue weighted by molar-refractivity contribution is -0.359. The molecule has 0 aliphatic carbocycles. The summed E-state index contributed by atoms with van der Waals surface area (Å²) in [6.45, 7) is 2.95. The van der Waals surface area contributed by atoms with Gasteiger partial charge in [0, 0.05) is 6.42 Å². The number of ether oxygens (including phenoxy) is 4. The van der Waals surface area contributed by atoms with Gasteiger partial charge in [-0.05, 0) is 12.8 Å². The number of carbonyl (C=O) groups excluding carboxylic acids is 1. The lowest BCUT2D eigenvalue weighted by Gasteiger charge is -2.46. The minimum absolute atomic E-state index is 0.194. The monoisotopic (exact) mass is 1380 g/mol. The second kappa shape index (κ2) is 68.1. The van der Waals surface area contributed by atoms with Crippen molar-refractivity contribution in [1.82, 2.24) is 5.32 Å². The molecule has 578 valence electrons. The number of unbranched alkanes of at least 4 members (excludes halogenated alkanes) is 61. The molecule has 14 nitrogen and oxygen atoms in total. The summed E-state index contributed by atoms with van der Waals surface area (Å²) in [5, 5.41) is 87.9. The highest BCUT2D eigenvalue weighted by Crippen LogP contribution is 2.31. The van der Waals surface area contributed by atoms with Crippen LogP contribution in [0.15, 0.2) is 0 Å². The van der Waals surface area contributed by atoms with E-state index in [1.807, 2.05) is 0 Å². The van der Waals surface area contributed by atoms with Crippen LogP contribution in [-0.4, -0.2) is 140 Å². The lowest BCUT2D eigenvalue weighted by atomic mass is 9.97. The van der Waals surface area contributed by atoms with Gasteiger partial charge in [-0.15, -0.1) is 0 Å². The van der Waals surface area contributed by atoms with E-state index >= 15 is 0 Å². The van der Waals surface area contributed by atoms with Crippen molar-refractivity contribution in [1.29, 1.82) is 0 Å². The largest absolute Gasteiger partial charge is 0.394 e. The summed E-state index contributed by atoms with van der Waals surface area (Å²) in [6, 6.07) is -0.826. The van der Waals surface area contributed by atoms with Gasteiger partial charge in [-0.1, -0.05) is 412 Å². The van der Waals surface area contributed by atoms with Gasteiger partial charge in [0.2, 0.25) is 5.91 Å². The molecule has 0 aromatic carbocycles. The van der Waals surface area contributed by atoms with Gasteiger partial charge >= 0.3 is 0 Å². The molecule has 2 aliphatic rings. The molecular formula is C83H163NO13. The molecule has 0 bridgehead atoms. The summed E-state index contributed by atoms with van der Waals surface area (Å²) in [6.07, 6.45) is 68.9. The number of aliphatic hydroxyl groups excluding tert-OH is 8. The van der Waals surface area contributed by atoms with Crippen molar-refractivity contribution in [2.75, 3.05) is 19.8 Å². The lowest BCUT2D eigenvalue weighted by Crippen LogP contribution is -2.65. The smallest absolute Gasteiger partial charge is 0.220 e. The molecule has 14 heteroatoms. The average Bonchev–Trinajstić information content (AvgIpc) is 0.794. The normalized spacial score (nSPS) is 22.0.